The number of methoxy groups -OCH3 is 1. The van der Waals surface area contributed by atoms with Crippen LogP contribution in [0.5, 0.6) is 11.5 Å². The van der Waals surface area contributed by atoms with Gasteiger partial charge in [-0.1, -0.05) is 31.6 Å². The van der Waals surface area contributed by atoms with Gasteiger partial charge in [-0.05, 0) is 64.8 Å². The van der Waals surface area contributed by atoms with Gasteiger partial charge in [0.2, 0.25) is 0 Å². The Morgan fingerprint density at radius 2 is 2.10 bits per heavy atom. The molecule has 2 spiro atoms. The molecular formula is C26H35NO4. The van der Waals surface area contributed by atoms with E-state index in [4.69, 9.17) is 9.47 Å². The van der Waals surface area contributed by atoms with Crippen molar-refractivity contribution in [2.45, 2.75) is 81.1 Å². The summed E-state index contributed by atoms with van der Waals surface area (Å²) >= 11 is 0. The number of aliphatic hydroxyl groups is 1. The van der Waals surface area contributed by atoms with Crippen molar-refractivity contribution < 1.29 is 19.7 Å². The molecule has 168 valence electrons. The lowest BCUT2D eigenvalue weighted by molar-refractivity contribution is -0.286. The standard InChI is InChI=1S/C26H35NO4/c1-6-9-22(2,29)18-15-24-10-11-26(18,30-5)23(3)25(24)12-13-27(4)19(24)14-16-7-8-17(28)21(31-23)20(16)25/h7-8,10-11,18-19,28-29H,6,9,12-15H2,1-5H3/t18-,19-,22-,23+,24-,25+,26-/m1/s1. The number of hydrogen-bond acceptors (Lipinski definition) is 5. The van der Waals surface area contributed by atoms with Gasteiger partial charge in [0.05, 0.1) is 11.0 Å². The number of likely N-dealkylation sites (N-methyl/N-ethyl adjacent to an activating group) is 1. The molecule has 2 aliphatic heterocycles. The predicted molar refractivity (Wildman–Crippen MR) is 119 cm³/mol. The van der Waals surface area contributed by atoms with Crippen LogP contribution in [0.1, 0.15) is 57.6 Å². The second kappa shape index (κ2) is 5.67. The summed E-state index contributed by atoms with van der Waals surface area (Å²) in [6.07, 6.45) is 9.04. The Balaban J connectivity index is 1.71. The largest absolute Gasteiger partial charge is 0.504 e. The molecule has 7 rings (SSSR count). The van der Waals surface area contributed by atoms with Crippen molar-refractivity contribution in [3.63, 3.8) is 0 Å². The maximum Gasteiger partial charge on any atom is 0.166 e. The third-order valence-electron chi connectivity index (χ3n) is 10.2. The molecule has 5 nitrogen and oxygen atoms in total. The monoisotopic (exact) mass is 425 g/mol. The second-order valence-electron chi connectivity index (χ2n) is 11.2. The summed E-state index contributed by atoms with van der Waals surface area (Å²) in [6.45, 7) is 7.29. The van der Waals surface area contributed by atoms with E-state index in [0.29, 0.717) is 11.8 Å². The first-order valence-corrected chi connectivity index (χ1v) is 11.9. The molecule has 4 bridgehead atoms. The lowest BCUT2D eigenvalue weighted by atomic mass is 9.32. The molecule has 6 aliphatic rings. The number of piperidine rings is 1. The summed E-state index contributed by atoms with van der Waals surface area (Å²) in [7, 11) is 4.01. The average molecular weight is 426 g/mol. The summed E-state index contributed by atoms with van der Waals surface area (Å²) in [6, 6.07) is 4.22. The zero-order valence-corrected chi connectivity index (χ0v) is 19.4. The molecule has 2 N–H and O–H groups in total. The van der Waals surface area contributed by atoms with E-state index in [9.17, 15) is 10.2 Å². The van der Waals surface area contributed by atoms with Crippen LogP contribution in [0.25, 0.3) is 0 Å². The highest BCUT2D eigenvalue weighted by Crippen LogP contribution is 2.79. The zero-order chi connectivity index (χ0) is 22.0. The van der Waals surface area contributed by atoms with Gasteiger partial charge < -0.3 is 24.6 Å². The van der Waals surface area contributed by atoms with Crippen molar-refractivity contribution >= 4 is 0 Å². The first kappa shape index (κ1) is 20.1. The molecule has 5 heteroatoms. The molecule has 0 unspecified atom stereocenters. The molecule has 2 heterocycles. The summed E-state index contributed by atoms with van der Waals surface area (Å²) < 4.78 is 13.4. The summed E-state index contributed by atoms with van der Waals surface area (Å²) in [4.78, 5) is 2.51. The van der Waals surface area contributed by atoms with Gasteiger partial charge in [-0.3, -0.25) is 0 Å². The normalized spacial score (nSPS) is 45.9. The van der Waals surface area contributed by atoms with E-state index in [2.05, 4.69) is 44.0 Å². The quantitative estimate of drug-likeness (QED) is 0.723. The fraction of sp³-hybridized carbons (Fsp3) is 0.692. The van der Waals surface area contributed by atoms with Gasteiger partial charge >= 0.3 is 0 Å². The van der Waals surface area contributed by atoms with Gasteiger partial charge in [-0.25, -0.2) is 0 Å². The molecule has 7 atom stereocenters. The van der Waals surface area contributed by atoms with Crippen molar-refractivity contribution in [1.29, 1.82) is 0 Å². The molecular weight excluding hydrogens is 390 g/mol. The number of ether oxygens (including phenoxy) is 2. The summed E-state index contributed by atoms with van der Waals surface area (Å²) in [5.41, 5.74) is -0.290. The van der Waals surface area contributed by atoms with E-state index in [0.717, 1.165) is 38.6 Å². The Morgan fingerprint density at radius 1 is 1.32 bits per heavy atom. The number of phenols is 1. The molecule has 0 aromatic heterocycles. The highest BCUT2D eigenvalue weighted by atomic mass is 16.6. The van der Waals surface area contributed by atoms with Crippen molar-refractivity contribution in [3.8, 4) is 11.5 Å². The summed E-state index contributed by atoms with van der Waals surface area (Å²) in [5.74, 6) is 0.771. The molecule has 1 saturated carbocycles. The van der Waals surface area contributed by atoms with Crippen LogP contribution in [0.4, 0.5) is 0 Å². The van der Waals surface area contributed by atoms with Crippen LogP contribution in [-0.2, 0) is 16.6 Å². The number of phenolic OH excluding ortho intramolecular Hbond substituents is 1. The minimum atomic E-state index is -0.875. The maximum atomic E-state index is 11.8. The predicted octanol–water partition coefficient (Wildman–Crippen LogP) is 3.55. The lowest BCUT2D eigenvalue weighted by Crippen LogP contribution is -2.85. The van der Waals surface area contributed by atoms with Crippen LogP contribution >= 0.6 is 0 Å². The van der Waals surface area contributed by atoms with Gasteiger partial charge in [0.1, 0.15) is 11.2 Å². The third kappa shape index (κ3) is 1.82. The van der Waals surface area contributed by atoms with Crippen molar-refractivity contribution in [2.24, 2.45) is 11.3 Å². The van der Waals surface area contributed by atoms with Gasteiger partial charge in [0.15, 0.2) is 11.5 Å². The van der Waals surface area contributed by atoms with Crippen molar-refractivity contribution in [3.05, 3.63) is 35.4 Å². The van der Waals surface area contributed by atoms with Gasteiger partial charge in [0.25, 0.3) is 0 Å². The van der Waals surface area contributed by atoms with E-state index in [-0.39, 0.29) is 22.5 Å². The Bertz CT molecular complexity index is 1000. The first-order valence-electron chi connectivity index (χ1n) is 11.9. The smallest absolute Gasteiger partial charge is 0.166 e. The van der Waals surface area contributed by atoms with Crippen LogP contribution in [-0.4, -0.2) is 58.7 Å². The molecule has 2 fully saturated rings. The highest BCUT2D eigenvalue weighted by Gasteiger charge is 2.85. The van der Waals surface area contributed by atoms with Gasteiger partial charge in [-0.2, -0.15) is 0 Å². The second-order valence-corrected chi connectivity index (χ2v) is 11.2. The summed E-state index contributed by atoms with van der Waals surface area (Å²) in [5, 5.41) is 22.7. The Labute approximate surface area is 185 Å². The number of aromatic hydroxyl groups is 1. The molecule has 1 aromatic rings. The van der Waals surface area contributed by atoms with Crippen LogP contribution in [0.15, 0.2) is 24.3 Å². The van der Waals surface area contributed by atoms with Crippen LogP contribution in [0.3, 0.4) is 0 Å². The number of nitrogens with zero attached hydrogens (tertiary/aromatic N) is 1. The van der Waals surface area contributed by atoms with E-state index in [1.807, 2.05) is 6.92 Å². The fourth-order valence-electron chi connectivity index (χ4n) is 9.06. The molecule has 31 heavy (non-hydrogen) atoms. The first-order chi connectivity index (χ1) is 14.6. The average Bonchev–Trinajstić information content (AvgIpc) is 3.03. The number of hydrogen-bond donors (Lipinski definition) is 2. The maximum absolute atomic E-state index is 11.8. The van der Waals surface area contributed by atoms with Crippen molar-refractivity contribution in [1.82, 2.24) is 4.90 Å². The lowest BCUT2D eigenvalue weighted by Gasteiger charge is -2.75. The fourth-order valence-corrected chi connectivity index (χ4v) is 9.06. The van der Waals surface area contributed by atoms with Crippen LogP contribution in [0, 0.1) is 11.3 Å². The van der Waals surface area contributed by atoms with E-state index in [1.165, 1.54) is 11.1 Å². The minimum absolute atomic E-state index is 0.0971. The molecule has 1 saturated heterocycles. The topological polar surface area (TPSA) is 62.2 Å². The molecule has 0 amide bonds. The Kier molecular flexibility index (Phi) is 3.67. The minimum Gasteiger partial charge on any atom is -0.504 e. The van der Waals surface area contributed by atoms with Crippen molar-refractivity contribution in [2.75, 3.05) is 20.7 Å². The number of rotatable bonds is 4. The van der Waals surface area contributed by atoms with E-state index >= 15 is 0 Å². The SMILES string of the molecule is CCC[C@@](C)(O)[C@H]1C[C@@]23C=C[C@]1(OC)[C@@]1(C)Oc4c(O)ccc5c4[C@@]12CCN(C)[C@@H]3C5. The highest BCUT2D eigenvalue weighted by molar-refractivity contribution is 5.67. The Morgan fingerprint density at radius 3 is 2.81 bits per heavy atom. The zero-order valence-electron chi connectivity index (χ0n) is 19.4. The van der Waals surface area contributed by atoms with Crippen LogP contribution < -0.4 is 4.74 Å². The number of benzene rings is 1. The third-order valence-corrected chi connectivity index (χ3v) is 10.2. The van der Waals surface area contributed by atoms with E-state index < -0.39 is 16.8 Å². The van der Waals surface area contributed by atoms with Gasteiger partial charge in [-0.15, -0.1) is 0 Å². The number of likely N-dealkylation sites (tertiary alicyclic amines) is 1. The Hall–Kier alpha value is -1.56. The number of fused-ring (bicyclic) bond motifs is 1. The molecule has 4 aliphatic carbocycles. The van der Waals surface area contributed by atoms with Crippen LogP contribution in [0.2, 0.25) is 0 Å². The van der Waals surface area contributed by atoms with Gasteiger partial charge in [0, 0.05) is 30.0 Å². The molecule has 0 radical (unpaired) electrons. The van der Waals surface area contributed by atoms with E-state index in [1.54, 1.807) is 13.2 Å². The molecule has 1 aromatic carbocycles.